The molecule has 1 aliphatic rings. The fraction of sp³-hybridized carbons (Fsp3) is 0.533. The molecular formula is C15H20O2. The van der Waals surface area contributed by atoms with Gasteiger partial charge in [-0.1, -0.05) is 36.2 Å². The van der Waals surface area contributed by atoms with Gasteiger partial charge in [0.1, 0.15) is 6.10 Å². The zero-order valence-corrected chi connectivity index (χ0v) is 10.6. The first kappa shape index (κ1) is 12.2. The molecule has 1 fully saturated rings. The Morgan fingerprint density at radius 3 is 2.76 bits per heavy atom. The van der Waals surface area contributed by atoms with Crippen LogP contribution in [0.5, 0.6) is 0 Å². The molecule has 0 N–H and O–H groups in total. The van der Waals surface area contributed by atoms with Gasteiger partial charge in [-0.05, 0) is 31.7 Å². The molecule has 0 aliphatic heterocycles. The van der Waals surface area contributed by atoms with Crippen LogP contribution in [-0.4, -0.2) is 12.1 Å². The highest BCUT2D eigenvalue weighted by atomic mass is 16.5. The number of carbonyl (C=O) groups excluding carboxylic acids is 1. The lowest BCUT2D eigenvalue weighted by Gasteiger charge is -2.31. The van der Waals surface area contributed by atoms with E-state index in [1.165, 1.54) is 30.9 Å². The summed E-state index contributed by atoms with van der Waals surface area (Å²) in [6.45, 7) is 3.61. The SMILES string of the molecule is CC(=O)OC1CCCCC1c1cccc(C)c1. The average Bonchev–Trinajstić information content (AvgIpc) is 2.29. The van der Waals surface area contributed by atoms with Crippen molar-refractivity contribution in [2.75, 3.05) is 0 Å². The highest BCUT2D eigenvalue weighted by Gasteiger charge is 2.28. The number of rotatable bonds is 2. The maximum atomic E-state index is 11.1. The first-order chi connectivity index (χ1) is 8.16. The van der Waals surface area contributed by atoms with Crippen molar-refractivity contribution in [2.45, 2.75) is 51.6 Å². The van der Waals surface area contributed by atoms with Gasteiger partial charge < -0.3 is 4.74 Å². The van der Waals surface area contributed by atoms with Crippen LogP contribution in [0.4, 0.5) is 0 Å². The van der Waals surface area contributed by atoms with Crippen molar-refractivity contribution in [3.05, 3.63) is 35.4 Å². The molecule has 0 saturated heterocycles. The van der Waals surface area contributed by atoms with Gasteiger partial charge in [0.05, 0.1) is 0 Å². The summed E-state index contributed by atoms with van der Waals surface area (Å²) in [5.74, 6) is 0.224. The van der Waals surface area contributed by atoms with Crippen molar-refractivity contribution in [1.29, 1.82) is 0 Å². The third-order valence-electron chi connectivity index (χ3n) is 3.49. The standard InChI is InChI=1S/C15H20O2/c1-11-6-5-7-13(10-11)14-8-3-4-9-15(14)17-12(2)16/h5-7,10,14-15H,3-4,8-9H2,1-2H3. The molecular weight excluding hydrogens is 212 g/mol. The molecule has 1 aromatic rings. The van der Waals surface area contributed by atoms with Gasteiger partial charge in [0.2, 0.25) is 0 Å². The number of carbonyl (C=O) groups is 1. The topological polar surface area (TPSA) is 26.3 Å². The van der Waals surface area contributed by atoms with Crippen LogP contribution in [0.1, 0.15) is 49.7 Å². The molecule has 1 aromatic carbocycles. The van der Waals surface area contributed by atoms with Crippen LogP contribution < -0.4 is 0 Å². The van der Waals surface area contributed by atoms with E-state index >= 15 is 0 Å². The Bertz CT molecular complexity index is 398. The van der Waals surface area contributed by atoms with Gasteiger partial charge >= 0.3 is 5.97 Å². The molecule has 0 radical (unpaired) electrons. The summed E-state index contributed by atoms with van der Waals surface area (Å²) in [5.41, 5.74) is 2.59. The second-order valence-electron chi connectivity index (χ2n) is 4.95. The van der Waals surface area contributed by atoms with Gasteiger partial charge in [-0.15, -0.1) is 0 Å². The summed E-state index contributed by atoms with van der Waals surface area (Å²) in [6.07, 6.45) is 4.60. The maximum absolute atomic E-state index is 11.1. The Morgan fingerprint density at radius 2 is 2.06 bits per heavy atom. The van der Waals surface area contributed by atoms with E-state index in [0.29, 0.717) is 5.92 Å². The molecule has 1 aliphatic carbocycles. The average molecular weight is 232 g/mol. The summed E-state index contributed by atoms with van der Waals surface area (Å²) in [4.78, 5) is 11.1. The number of ether oxygens (including phenoxy) is 1. The lowest BCUT2D eigenvalue weighted by atomic mass is 9.81. The van der Waals surface area contributed by atoms with Crippen molar-refractivity contribution in [2.24, 2.45) is 0 Å². The lowest BCUT2D eigenvalue weighted by Crippen LogP contribution is -2.27. The minimum Gasteiger partial charge on any atom is -0.462 e. The summed E-state index contributed by atoms with van der Waals surface area (Å²) in [5, 5.41) is 0. The highest BCUT2D eigenvalue weighted by Crippen LogP contribution is 2.35. The van der Waals surface area contributed by atoms with E-state index < -0.39 is 0 Å². The monoisotopic (exact) mass is 232 g/mol. The predicted octanol–water partition coefficient (Wildman–Crippen LogP) is 3.58. The number of esters is 1. The van der Waals surface area contributed by atoms with Crippen molar-refractivity contribution in [1.82, 2.24) is 0 Å². The maximum Gasteiger partial charge on any atom is 0.302 e. The Labute approximate surface area is 103 Å². The normalized spacial score (nSPS) is 24.4. The van der Waals surface area contributed by atoms with Crippen LogP contribution in [0.25, 0.3) is 0 Å². The molecule has 0 bridgehead atoms. The van der Waals surface area contributed by atoms with Crippen LogP contribution in [0, 0.1) is 6.92 Å². The van der Waals surface area contributed by atoms with E-state index in [1.807, 2.05) is 0 Å². The molecule has 0 heterocycles. The summed E-state index contributed by atoms with van der Waals surface area (Å²) in [7, 11) is 0. The van der Waals surface area contributed by atoms with Gasteiger partial charge in [-0.2, -0.15) is 0 Å². The van der Waals surface area contributed by atoms with E-state index in [0.717, 1.165) is 12.8 Å². The number of hydrogen-bond donors (Lipinski definition) is 0. The third kappa shape index (κ3) is 3.09. The summed E-state index contributed by atoms with van der Waals surface area (Å²) in [6, 6.07) is 8.56. The first-order valence-electron chi connectivity index (χ1n) is 6.40. The van der Waals surface area contributed by atoms with Crippen molar-refractivity contribution < 1.29 is 9.53 Å². The van der Waals surface area contributed by atoms with Gasteiger partial charge in [0.15, 0.2) is 0 Å². The fourth-order valence-electron chi connectivity index (χ4n) is 2.73. The molecule has 2 unspecified atom stereocenters. The minimum absolute atomic E-state index is 0.0723. The van der Waals surface area contributed by atoms with E-state index in [1.54, 1.807) is 0 Å². The fourth-order valence-corrected chi connectivity index (χ4v) is 2.73. The van der Waals surface area contributed by atoms with Gasteiger partial charge in [-0.25, -0.2) is 0 Å². The van der Waals surface area contributed by atoms with Gasteiger partial charge in [-0.3, -0.25) is 4.79 Å². The number of aryl methyl sites for hydroxylation is 1. The summed E-state index contributed by atoms with van der Waals surface area (Å²) < 4.78 is 5.46. The Kier molecular flexibility index (Phi) is 3.82. The summed E-state index contributed by atoms with van der Waals surface area (Å²) >= 11 is 0. The van der Waals surface area contributed by atoms with Gasteiger partial charge in [0, 0.05) is 12.8 Å². The van der Waals surface area contributed by atoms with E-state index in [4.69, 9.17) is 4.74 Å². The molecule has 1 saturated carbocycles. The zero-order valence-electron chi connectivity index (χ0n) is 10.6. The Morgan fingerprint density at radius 1 is 1.29 bits per heavy atom. The molecule has 2 atom stereocenters. The Hall–Kier alpha value is -1.31. The van der Waals surface area contributed by atoms with Crippen LogP contribution in [0.3, 0.4) is 0 Å². The van der Waals surface area contributed by atoms with Crippen LogP contribution in [0.2, 0.25) is 0 Å². The molecule has 0 aromatic heterocycles. The molecule has 2 heteroatoms. The predicted molar refractivity (Wildman–Crippen MR) is 67.9 cm³/mol. The van der Waals surface area contributed by atoms with E-state index in [9.17, 15) is 4.79 Å². The minimum atomic E-state index is -0.158. The van der Waals surface area contributed by atoms with Crippen molar-refractivity contribution in [3.8, 4) is 0 Å². The Balaban J connectivity index is 2.18. The van der Waals surface area contributed by atoms with Crippen molar-refractivity contribution in [3.63, 3.8) is 0 Å². The molecule has 17 heavy (non-hydrogen) atoms. The number of benzene rings is 1. The van der Waals surface area contributed by atoms with Gasteiger partial charge in [0.25, 0.3) is 0 Å². The third-order valence-corrected chi connectivity index (χ3v) is 3.49. The number of hydrogen-bond acceptors (Lipinski definition) is 2. The van der Waals surface area contributed by atoms with Crippen LogP contribution in [-0.2, 0) is 9.53 Å². The molecule has 2 rings (SSSR count). The molecule has 0 amide bonds. The van der Waals surface area contributed by atoms with Crippen molar-refractivity contribution >= 4 is 5.97 Å². The van der Waals surface area contributed by atoms with E-state index in [-0.39, 0.29) is 12.1 Å². The quantitative estimate of drug-likeness (QED) is 0.728. The zero-order chi connectivity index (χ0) is 12.3. The first-order valence-corrected chi connectivity index (χ1v) is 6.40. The molecule has 2 nitrogen and oxygen atoms in total. The van der Waals surface area contributed by atoms with E-state index in [2.05, 4.69) is 31.2 Å². The van der Waals surface area contributed by atoms with Crippen LogP contribution >= 0.6 is 0 Å². The highest BCUT2D eigenvalue weighted by molar-refractivity contribution is 5.66. The smallest absolute Gasteiger partial charge is 0.302 e. The largest absolute Gasteiger partial charge is 0.462 e. The lowest BCUT2D eigenvalue weighted by molar-refractivity contribution is -0.148. The second-order valence-corrected chi connectivity index (χ2v) is 4.95. The molecule has 0 spiro atoms. The van der Waals surface area contributed by atoms with Crippen LogP contribution in [0.15, 0.2) is 24.3 Å². The second kappa shape index (κ2) is 5.35. The molecule has 92 valence electrons.